The molecule has 2 aliphatic rings. The Balaban J connectivity index is 1.33. The number of pyridine rings is 2. The number of esters is 1. The first-order valence-corrected chi connectivity index (χ1v) is 10.7. The molecule has 2 N–H and O–H groups in total. The van der Waals surface area contributed by atoms with E-state index >= 15 is 0 Å². The summed E-state index contributed by atoms with van der Waals surface area (Å²) >= 11 is 0. The van der Waals surface area contributed by atoms with E-state index in [1.54, 1.807) is 6.20 Å². The van der Waals surface area contributed by atoms with Crippen LogP contribution in [0.2, 0.25) is 0 Å². The third-order valence-corrected chi connectivity index (χ3v) is 5.74. The van der Waals surface area contributed by atoms with Crippen LogP contribution in [0.25, 0.3) is 5.65 Å². The van der Waals surface area contributed by atoms with Gasteiger partial charge in [-0.05, 0) is 49.3 Å². The van der Waals surface area contributed by atoms with Crippen LogP contribution in [0.15, 0.2) is 36.8 Å². The minimum atomic E-state index is -0.268. The maximum absolute atomic E-state index is 12.0. The van der Waals surface area contributed by atoms with Gasteiger partial charge in [-0.25, -0.2) is 9.97 Å². The fourth-order valence-electron chi connectivity index (χ4n) is 3.70. The van der Waals surface area contributed by atoms with Crippen LogP contribution >= 0.6 is 0 Å². The predicted octanol–water partition coefficient (Wildman–Crippen LogP) is 3.28. The van der Waals surface area contributed by atoms with Gasteiger partial charge in [-0.1, -0.05) is 0 Å². The van der Waals surface area contributed by atoms with Crippen molar-refractivity contribution in [2.24, 2.45) is 5.92 Å². The summed E-state index contributed by atoms with van der Waals surface area (Å²) in [6.45, 7) is 0.512. The summed E-state index contributed by atoms with van der Waals surface area (Å²) < 4.78 is 6.87. The molecule has 31 heavy (non-hydrogen) atoms. The van der Waals surface area contributed by atoms with Gasteiger partial charge >= 0.3 is 5.97 Å². The Hall–Kier alpha value is -3.42. The lowest BCUT2D eigenvalue weighted by molar-refractivity contribution is -0.139. The Labute approximate surface area is 180 Å². The molecule has 2 aliphatic carbocycles. The summed E-state index contributed by atoms with van der Waals surface area (Å²) in [5.41, 5.74) is 4.62. The lowest BCUT2D eigenvalue weighted by Crippen LogP contribution is -2.14. The van der Waals surface area contributed by atoms with Crippen molar-refractivity contribution >= 4 is 29.0 Å². The molecule has 8 nitrogen and oxygen atoms in total. The highest BCUT2D eigenvalue weighted by molar-refractivity contribution is 5.93. The zero-order valence-corrected chi connectivity index (χ0v) is 17.4. The summed E-state index contributed by atoms with van der Waals surface area (Å²) in [7, 11) is 1.40. The van der Waals surface area contributed by atoms with E-state index in [-0.39, 0.29) is 24.2 Å². The molecule has 8 heteroatoms. The number of hydrogen-bond acceptors (Lipinski definition) is 6. The van der Waals surface area contributed by atoms with Crippen LogP contribution in [0, 0.1) is 5.92 Å². The van der Waals surface area contributed by atoms with E-state index in [2.05, 4.69) is 27.9 Å². The fraction of sp³-hybridized carbons (Fsp3) is 0.391. The monoisotopic (exact) mass is 419 g/mol. The SMILES string of the molecule is COC(=O)Cc1cc(C2CC2)cn2cc(CNc3ccnc(NC(=O)C4CC4)c3)nc12. The molecule has 3 heterocycles. The number of aromatic nitrogens is 3. The highest BCUT2D eigenvalue weighted by Crippen LogP contribution is 2.40. The summed E-state index contributed by atoms with van der Waals surface area (Å²) in [6, 6.07) is 5.77. The Morgan fingerprint density at radius 2 is 2.03 bits per heavy atom. The molecular weight excluding hydrogens is 394 g/mol. The van der Waals surface area contributed by atoms with Crippen molar-refractivity contribution < 1.29 is 14.3 Å². The highest BCUT2D eigenvalue weighted by atomic mass is 16.5. The predicted molar refractivity (Wildman–Crippen MR) is 116 cm³/mol. The number of imidazole rings is 1. The second kappa shape index (κ2) is 8.02. The summed E-state index contributed by atoms with van der Waals surface area (Å²) in [4.78, 5) is 32.8. The van der Waals surface area contributed by atoms with Crippen molar-refractivity contribution in [2.75, 3.05) is 17.7 Å². The first-order chi connectivity index (χ1) is 15.1. The van der Waals surface area contributed by atoms with Crippen LogP contribution in [0.4, 0.5) is 11.5 Å². The molecule has 0 atom stereocenters. The van der Waals surface area contributed by atoms with Crippen LogP contribution in [-0.4, -0.2) is 33.4 Å². The first-order valence-electron chi connectivity index (χ1n) is 10.7. The fourth-order valence-corrected chi connectivity index (χ4v) is 3.70. The average molecular weight is 419 g/mol. The van der Waals surface area contributed by atoms with Gasteiger partial charge in [-0.3, -0.25) is 9.59 Å². The number of fused-ring (bicyclic) bond motifs is 1. The highest BCUT2D eigenvalue weighted by Gasteiger charge is 2.29. The quantitative estimate of drug-likeness (QED) is 0.544. The molecule has 5 rings (SSSR count). The molecule has 0 bridgehead atoms. The number of carbonyl (C=O) groups excluding carboxylic acids is 2. The van der Waals surface area contributed by atoms with Crippen molar-refractivity contribution in [1.29, 1.82) is 0 Å². The molecule has 0 unspecified atom stereocenters. The van der Waals surface area contributed by atoms with Gasteiger partial charge in [0.05, 0.1) is 25.8 Å². The molecule has 3 aromatic rings. The molecule has 3 aromatic heterocycles. The Kier molecular flexibility index (Phi) is 5.05. The van der Waals surface area contributed by atoms with E-state index in [0.29, 0.717) is 18.3 Å². The van der Waals surface area contributed by atoms with E-state index in [4.69, 9.17) is 9.72 Å². The van der Waals surface area contributed by atoms with Gasteiger partial charge in [0.2, 0.25) is 5.91 Å². The average Bonchev–Trinajstić information content (AvgIpc) is 3.68. The molecule has 1 amide bonds. The third-order valence-electron chi connectivity index (χ3n) is 5.74. The van der Waals surface area contributed by atoms with Gasteiger partial charge in [0.25, 0.3) is 0 Å². The minimum absolute atomic E-state index is 0.0367. The zero-order valence-electron chi connectivity index (χ0n) is 17.4. The van der Waals surface area contributed by atoms with Crippen LogP contribution in [0.5, 0.6) is 0 Å². The molecular formula is C23H25N5O3. The van der Waals surface area contributed by atoms with Crippen LogP contribution < -0.4 is 10.6 Å². The smallest absolute Gasteiger partial charge is 0.310 e. The number of hydrogen-bond donors (Lipinski definition) is 2. The van der Waals surface area contributed by atoms with Crippen LogP contribution in [0.1, 0.15) is 48.4 Å². The summed E-state index contributed by atoms with van der Waals surface area (Å²) in [5.74, 6) is 1.03. The van der Waals surface area contributed by atoms with Crippen molar-refractivity contribution in [3.8, 4) is 0 Å². The number of anilines is 2. The van der Waals surface area contributed by atoms with Crippen LogP contribution in [0.3, 0.4) is 0 Å². The van der Waals surface area contributed by atoms with Gasteiger partial charge in [0, 0.05) is 41.8 Å². The van der Waals surface area contributed by atoms with Gasteiger partial charge in [0.1, 0.15) is 11.5 Å². The zero-order chi connectivity index (χ0) is 21.4. The lowest BCUT2D eigenvalue weighted by Gasteiger charge is -2.07. The molecule has 2 saturated carbocycles. The van der Waals surface area contributed by atoms with Crippen molar-refractivity contribution in [1.82, 2.24) is 14.4 Å². The molecule has 2 fully saturated rings. The van der Waals surface area contributed by atoms with Crippen molar-refractivity contribution in [3.05, 3.63) is 53.6 Å². The molecule has 0 radical (unpaired) electrons. The van der Waals surface area contributed by atoms with Gasteiger partial charge < -0.3 is 19.8 Å². The Morgan fingerprint density at radius 1 is 1.19 bits per heavy atom. The van der Waals surface area contributed by atoms with E-state index in [9.17, 15) is 9.59 Å². The molecule has 0 aliphatic heterocycles. The van der Waals surface area contributed by atoms with Gasteiger partial charge in [-0.2, -0.15) is 0 Å². The molecule has 0 spiro atoms. The first kappa shape index (κ1) is 19.5. The second-order valence-corrected chi connectivity index (χ2v) is 8.34. The number of nitrogens with zero attached hydrogens (tertiary/aromatic N) is 3. The number of amides is 1. The van der Waals surface area contributed by atoms with Gasteiger partial charge in [-0.15, -0.1) is 0 Å². The van der Waals surface area contributed by atoms with Gasteiger partial charge in [0.15, 0.2) is 0 Å². The third kappa shape index (κ3) is 4.52. The summed E-state index contributed by atoms with van der Waals surface area (Å²) in [5, 5.41) is 6.21. The summed E-state index contributed by atoms with van der Waals surface area (Å²) in [6.07, 6.45) is 10.3. The van der Waals surface area contributed by atoms with Crippen molar-refractivity contribution in [3.63, 3.8) is 0 Å². The number of carbonyl (C=O) groups is 2. The normalized spacial score (nSPS) is 15.6. The van der Waals surface area contributed by atoms with E-state index in [1.165, 1.54) is 25.5 Å². The topological polar surface area (TPSA) is 97.6 Å². The standard InChI is InChI=1S/C23H25N5O3/c1-31-21(29)9-16-8-17(14-2-3-14)12-28-13-19(26-22(16)28)11-25-18-6-7-24-20(10-18)27-23(30)15-4-5-15/h6-8,10,12-15H,2-5,9,11H2,1H3,(H2,24,25,27,30). The van der Waals surface area contributed by atoms with Crippen LogP contribution in [-0.2, 0) is 27.3 Å². The maximum atomic E-state index is 12.0. The Morgan fingerprint density at radius 3 is 2.77 bits per heavy atom. The number of nitrogens with one attached hydrogen (secondary N) is 2. The Bertz CT molecular complexity index is 1150. The van der Waals surface area contributed by atoms with E-state index < -0.39 is 0 Å². The van der Waals surface area contributed by atoms with E-state index in [0.717, 1.165) is 35.4 Å². The number of rotatable bonds is 8. The minimum Gasteiger partial charge on any atom is -0.469 e. The van der Waals surface area contributed by atoms with Crippen molar-refractivity contribution in [2.45, 2.75) is 44.6 Å². The molecule has 0 aromatic carbocycles. The maximum Gasteiger partial charge on any atom is 0.310 e. The molecule has 160 valence electrons. The molecule has 0 saturated heterocycles. The van der Waals surface area contributed by atoms with E-state index in [1.807, 2.05) is 22.7 Å². The largest absolute Gasteiger partial charge is 0.469 e. The number of methoxy groups -OCH3 is 1. The lowest BCUT2D eigenvalue weighted by atomic mass is 10.1. The second-order valence-electron chi connectivity index (χ2n) is 8.34. The number of ether oxygens (including phenoxy) is 1.